The maximum Gasteiger partial charge on any atom is 0.259 e. The fourth-order valence-corrected chi connectivity index (χ4v) is 2.86. The first-order chi connectivity index (χ1) is 10.8. The van der Waals surface area contributed by atoms with E-state index < -0.39 is 0 Å². The Morgan fingerprint density at radius 1 is 1.41 bits per heavy atom. The van der Waals surface area contributed by atoms with Crippen LogP contribution in [0.25, 0.3) is 0 Å². The predicted molar refractivity (Wildman–Crippen MR) is 83.6 cm³/mol. The van der Waals surface area contributed by atoms with Crippen LogP contribution in [0, 0.1) is 0 Å². The zero-order valence-corrected chi connectivity index (χ0v) is 12.8. The summed E-state index contributed by atoms with van der Waals surface area (Å²) in [5.74, 6) is 0.717. The largest absolute Gasteiger partial charge is 0.361 e. The molecule has 1 fully saturated rings. The number of aryl methyl sites for hydroxylation is 1. The zero-order valence-electron chi connectivity index (χ0n) is 12.8. The highest BCUT2D eigenvalue weighted by Gasteiger charge is 2.27. The molecule has 1 N–H and O–H groups in total. The molecule has 0 radical (unpaired) electrons. The summed E-state index contributed by atoms with van der Waals surface area (Å²) in [5, 5.41) is 7.27. The standard InChI is InChI=1S/C17H21N3O2/c1-2-6-16-14(11-19-22-16)17(21)20-10-9-18-15(12-20)13-7-4-3-5-8-13/h3-5,7-8,11,15,18H,2,6,9-10,12H2,1H3/t15-/m1/s1. The molecule has 1 amide bonds. The van der Waals surface area contributed by atoms with Crippen LogP contribution >= 0.6 is 0 Å². The summed E-state index contributed by atoms with van der Waals surface area (Å²) in [6.45, 7) is 4.23. The fraction of sp³-hybridized carbons (Fsp3) is 0.412. The van der Waals surface area contributed by atoms with Gasteiger partial charge in [-0.15, -0.1) is 0 Å². The maximum atomic E-state index is 12.7. The van der Waals surface area contributed by atoms with E-state index in [1.54, 1.807) is 6.20 Å². The molecule has 1 aliphatic rings. The van der Waals surface area contributed by atoms with E-state index in [0.29, 0.717) is 24.4 Å². The van der Waals surface area contributed by atoms with Crippen LogP contribution in [0.5, 0.6) is 0 Å². The number of nitrogens with zero attached hydrogens (tertiary/aromatic N) is 2. The van der Waals surface area contributed by atoms with Crippen LogP contribution in [-0.2, 0) is 6.42 Å². The second-order valence-corrected chi connectivity index (χ2v) is 5.58. The Bertz CT molecular complexity index is 624. The van der Waals surface area contributed by atoms with Crippen LogP contribution in [-0.4, -0.2) is 35.6 Å². The van der Waals surface area contributed by atoms with Gasteiger partial charge in [0.2, 0.25) is 0 Å². The van der Waals surface area contributed by atoms with Crippen LogP contribution in [0.15, 0.2) is 41.1 Å². The van der Waals surface area contributed by atoms with Crippen LogP contribution in [0.3, 0.4) is 0 Å². The third-order valence-electron chi connectivity index (χ3n) is 4.02. The molecule has 5 nitrogen and oxygen atoms in total. The molecule has 3 rings (SSSR count). The van der Waals surface area contributed by atoms with E-state index in [1.165, 1.54) is 5.56 Å². The molecular formula is C17H21N3O2. The predicted octanol–water partition coefficient (Wildman–Crippen LogP) is 2.41. The Hall–Kier alpha value is -2.14. The lowest BCUT2D eigenvalue weighted by Gasteiger charge is -2.33. The van der Waals surface area contributed by atoms with E-state index in [1.807, 2.05) is 23.1 Å². The van der Waals surface area contributed by atoms with Gasteiger partial charge in [0, 0.05) is 32.1 Å². The SMILES string of the molecule is CCCc1oncc1C(=O)N1CCN[C@@H](c2ccccc2)C1. The lowest BCUT2D eigenvalue weighted by Crippen LogP contribution is -2.48. The Morgan fingerprint density at radius 3 is 3.00 bits per heavy atom. The van der Waals surface area contributed by atoms with E-state index >= 15 is 0 Å². The van der Waals surface area contributed by atoms with Crippen molar-refractivity contribution in [3.8, 4) is 0 Å². The molecule has 0 spiro atoms. The minimum atomic E-state index is 0.0205. The van der Waals surface area contributed by atoms with Crippen molar-refractivity contribution in [3.63, 3.8) is 0 Å². The average molecular weight is 299 g/mol. The summed E-state index contributed by atoms with van der Waals surface area (Å²) in [4.78, 5) is 14.6. The third kappa shape index (κ3) is 3.04. The molecule has 0 unspecified atom stereocenters. The van der Waals surface area contributed by atoms with Crippen molar-refractivity contribution in [2.24, 2.45) is 0 Å². The van der Waals surface area contributed by atoms with Crippen molar-refractivity contribution in [1.29, 1.82) is 0 Å². The molecule has 116 valence electrons. The van der Waals surface area contributed by atoms with Crippen molar-refractivity contribution in [1.82, 2.24) is 15.4 Å². The summed E-state index contributed by atoms with van der Waals surface area (Å²) >= 11 is 0. The molecule has 0 aliphatic carbocycles. The molecule has 1 atom stereocenters. The number of hydrogen-bond acceptors (Lipinski definition) is 4. The van der Waals surface area contributed by atoms with Gasteiger partial charge in [0.25, 0.3) is 5.91 Å². The van der Waals surface area contributed by atoms with Crippen LogP contribution in [0.1, 0.15) is 41.1 Å². The lowest BCUT2D eigenvalue weighted by molar-refractivity contribution is 0.0700. The first-order valence-electron chi connectivity index (χ1n) is 7.80. The summed E-state index contributed by atoms with van der Waals surface area (Å²) in [5.41, 5.74) is 1.81. The third-order valence-corrected chi connectivity index (χ3v) is 4.02. The molecule has 0 saturated carbocycles. The fourth-order valence-electron chi connectivity index (χ4n) is 2.86. The summed E-state index contributed by atoms with van der Waals surface area (Å²) in [6, 6.07) is 10.4. The second-order valence-electron chi connectivity index (χ2n) is 5.58. The van der Waals surface area contributed by atoms with Gasteiger partial charge in [-0.1, -0.05) is 42.4 Å². The van der Waals surface area contributed by atoms with Gasteiger partial charge >= 0.3 is 0 Å². The van der Waals surface area contributed by atoms with Crippen molar-refractivity contribution in [2.75, 3.05) is 19.6 Å². The minimum absolute atomic E-state index is 0.0205. The van der Waals surface area contributed by atoms with Gasteiger partial charge in [0.1, 0.15) is 11.3 Å². The van der Waals surface area contributed by atoms with Gasteiger partial charge in [-0.3, -0.25) is 4.79 Å². The van der Waals surface area contributed by atoms with Crippen LogP contribution in [0.2, 0.25) is 0 Å². The smallest absolute Gasteiger partial charge is 0.259 e. The first-order valence-corrected chi connectivity index (χ1v) is 7.80. The summed E-state index contributed by atoms with van der Waals surface area (Å²) in [7, 11) is 0. The Kier molecular flexibility index (Phi) is 4.53. The van der Waals surface area contributed by atoms with Gasteiger partial charge in [0.15, 0.2) is 0 Å². The van der Waals surface area contributed by atoms with Crippen molar-refractivity contribution in [3.05, 3.63) is 53.4 Å². The van der Waals surface area contributed by atoms with E-state index in [-0.39, 0.29) is 11.9 Å². The number of rotatable bonds is 4. The molecule has 1 aromatic heterocycles. The highest BCUT2D eigenvalue weighted by molar-refractivity contribution is 5.95. The zero-order chi connectivity index (χ0) is 15.4. The maximum absolute atomic E-state index is 12.7. The molecular weight excluding hydrogens is 278 g/mol. The highest BCUT2D eigenvalue weighted by Crippen LogP contribution is 2.20. The molecule has 22 heavy (non-hydrogen) atoms. The van der Waals surface area contributed by atoms with Crippen molar-refractivity contribution in [2.45, 2.75) is 25.8 Å². The molecule has 2 heterocycles. The quantitative estimate of drug-likeness (QED) is 0.942. The Labute approximate surface area is 130 Å². The number of benzene rings is 1. The van der Waals surface area contributed by atoms with Gasteiger partial charge in [-0.05, 0) is 12.0 Å². The van der Waals surface area contributed by atoms with E-state index in [2.05, 4.69) is 29.5 Å². The minimum Gasteiger partial charge on any atom is -0.361 e. The second kappa shape index (κ2) is 6.75. The van der Waals surface area contributed by atoms with E-state index in [9.17, 15) is 4.79 Å². The lowest BCUT2D eigenvalue weighted by atomic mass is 10.0. The van der Waals surface area contributed by atoms with E-state index in [0.717, 1.165) is 19.4 Å². The number of hydrogen-bond donors (Lipinski definition) is 1. The van der Waals surface area contributed by atoms with Crippen LogP contribution in [0.4, 0.5) is 0 Å². The molecule has 0 bridgehead atoms. The topological polar surface area (TPSA) is 58.4 Å². The number of amides is 1. The Balaban J connectivity index is 1.74. The molecule has 2 aromatic rings. The van der Waals surface area contributed by atoms with Gasteiger partial charge < -0.3 is 14.7 Å². The number of nitrogens with one attached hydrogen (secondary N) is 1. The monoisotopic (exact) mass is 299 g/mol. The van der Waals surface area contributed by atoms with Gasteiger partial charge in [-0.25, -0.2) is 0 Å². The van der Waals surface area contributed by atoms with Crippen molar-refractivity contribution >= 4 is 5.91 Å². The number of carbonyl (C=O) groups excluding carboxylic acids is 1. The molecule has 1 aromatic carbocycles. The van der Waals surface area contributed by atoms with E-state index in [4.69, 9.17) is 4.52 Å². The summed E-state index contributed by atoms with van der Waals surface area (Å²) < 4.78 is 5.22. The van der Waals surface area contributed by atoms with Crippen molar-refractivity contribution < 1.29 is 9.32 Å². The number of aromatic nitrogens is 1. The molecule has 1 saturated heterocycles. The van der Waals surface area contributed by atoms with Gasteiger partial charge in [-0.2, -0.15) is 0 Å². The number of piperazine rings is 1. The van der Waals surface area contributed by atoms with Gasteiger partial charge in [0.05, 0.1) is 6.20 Å². The highest BCUT2D eigenvalue weighted by atomic mass is 16.5. The average Bonchev–Trinajstić information content (AvgIpc) is 3.04. The normalized spacial score (nSPS) is 18.4. The number of carbonyl (C=O) groups is 1. The van der Waals surface area contributed by atoms with Crippen LogP contribution < -0.4 is 5.32 Å². The molecule has 5 heteroatoms. The summed E-state index contributed by atoms with van der Waals surface area (Å²) in [6.07, 6.45) is 3.23. The Morgan fingerprint density at radius 2 is 2.23 bits per heavy atom. The molecule has 1 aliphatic heterocycles. The first kappa shape index (κ1) is 14.8.